The summed E-state index contributed by atoms with van der Waals surface area (Å²) in [5.41, 5.74) is 2.08. The van der Waals surface area contributed by atoms with Crippen LogP contribution in [0.15, 0.2) is 36.5 Å². The summed E-state index contributed by atoms with van der Waals surface area (Å²) in [6.45, 7) is 1.14. The minimum atomic E-state index is -0.353. The molecule has 3 rings (SSSR count). The molecule has 6 heteroatoms. The van der Waals surface area contributed by atoms with Crippen LogP contribution in [-0.2, 0) is 11.2 Å². The molecule has 0 aliphatic carbocycles. The highest BCUT2D eigenvalue weighted by Gasteiger charge is 2.33. The highest BCUT2D eigenvalue weighted by molar-refractivity contribution is 5.87. The molecule has 1 aromatic carbocycles. The fourth-order valence-corrected chi connectivity index (χ4v) is 3.22. The van der Waals surface area contributed by atoms with Crippen LogP contribution in [0.2, 0.25) is 0 Å². The van der Waals surface area contributed by atoms with Crippen molar-refractivity contribution >= 4 is 22.8 Å². The number of urea groups is 1. The zero-order valence-corrected chi connectivity index (χ0v) is 13.8. The Morgan fingerprint density at radius 1 is 1.29 bits per heavy atom. The van der Waals surface area contributed by atoms with Crippen molar-refractivity contribution in [3.05, 3.63) is 42.1 Å². The number of rotatable bonds is 4. The Morgan fingerprint density at radius 2 is 2.12 bits per heavy atom. The standard InChI is InChI=1S/C18H22N4O2/c1-19-17(23)15-8-4-12-22(15)18(24)21-11-9-14-6-2-5-13-7-3-10-20-16(13)14/h2-3,5-7,10,15H,4,8-9,11-12H2,1H3,(H,19,23)(H,21,24). The van der Waals surface area contributed by atoms with Gasteiger partial charge in [-0.15, -0.1) is 0 Å². The van der Waals surface area contributed by atoms with Crippen LogP contribution in [0.3, 0.4) is 0 Å². The molecule has 3 amide bonds. The molecule has 0 bridgehead atoms. The maximum Gasteiger partial charge on any atom is 0.318 e. The summed E-state index contributed by atoms with van der Waals surface area (Å²) >= 11 is 0. The van der Waals surface area contributed by atoms with Crippen molar-refractivity contribution in [2.75, 3.05) is 20.1 Å². The van der Waals surface area contributed by atoms with E-state index in [-0.39, 0.29) is 18.0 Å². The van der Waals surface area contributed by atoms with Gasteiger partial charge in [0.15, 0.2) is 0 Å². The summed E-state index contributed by atoms with van der Waals surface area (Å²) in [6, 6.07) is 9.49. The minimum absolute atomic E-state index is 0.0964. The van der Waals surface area contributed by atoms with Gasteiger partial charge in [0, 0.05) is 31.7 Å². The number of para-hydroxylation sites is 1. The van der Waals surface area contributed by atoms with E-state index in [0.29, 0.717) is 19.5 Å². The maximum atomic E-state index is 12.3. The number of likely N-dealkylation sites (tertiary alicyclic amines) is 1. The number of benzene rings is 1. The molecule has 6 nitrogen and oxygen atoms in total. The normalized spacial score (nSPS) is 17.0. The number of amides is 3. The molecule has 1 aliphatic heterocycles. The van der Waals surface area contributed by atoms with Gasteiger partial charge in [-0.05, 0) is 30.9 Å². The predicted molar refractivity (Wildman–Crippen MR) is 92.6 cm³/mol. The second-order valence-electron chi connectivity index (χ2n) is 5.94. The van der Waals surface area contributed by atoms with E-state index in [2.05, 4.69) is 15.6 Å². The molecule has 1 aliphatic rings. The first kappa shape index (κ1) is 16.2. The molecule has 2 aromatic rings. The fraction of sp³-hybridized carbons (Fsp3) is 0.389. The van der Waals surface area contributed by atoms with E-state index in [1.165, 1.54) is 0 Å². The van der Waals surface area contributed by atoms with E-state index in [1.54, 1.807) is 18.1 Å². The molecule has 2 N–H and O–H groups in total. The molecule has 1 saturated heterocycles. The number of fused-ring (bicyclic) bond motifs is 1. The second kappa shape index (κ2) is 7.29. The summed E-state index contributed by atoms with van der Waals surface area (Å²) in [5, 5.41) is 6.65. The number of nitrogens with zero attached hydrogens (tertiary/aromatic N) is 2. The van der Waals surface area contributed by atoms with E-state index < -0.39 is 0 Å². The van der Waals surface area contributed by atoms with Gasteiger partial charge in [0.1, 0.15) is 6.04 Å². The van der Waals surface area contributed by atoms with Gasteiger partial charge in [-0.25, -0.2) is 4.79 Å². The number of likely N-dealkylation sites (N-methyl/N-ethyl adjacent to an activating group) is 1. The van der Waals surface area contributed by atoms with Crippen LogP contribution in [0.1, 0.15) is 18.4 Å². The summed E-state index contributed by atoms with van der Waals surface area (Å²) in [7, 11) is 1.60. The lowest BCUT2D eigenvalue weighted by molar-refractivity contribution is -0.124. The molecule has 1 unspecified atom stereocenters. The third-order valence-electron chi connectivity index (χ3n) is 4.45. The monoisotopic (exact) mass is 326 g/mol. The number of carbonyl (C=O) groups excluding carboxylic acids is 2. The van der Waals surface area contributed by atoms with Gasteiger partial charge < -0.3 is 15.5 Å². The number of hydrogen-bond acceptors (Lipinski definition) is 3. The molecule has 126 valence electrons. The van der Waals surface area contributed by atoms with Crippen molar-refractivity contribution < 1.29 is 9.59 Å². The SMILES string of the molecule is CNC(=O)C1CCCN1C(=O)NCCc1cccc2cccnc12. The van der Waals surface area contributed by atoms with Gasteiger partial charge in [0.05, 0.1) is 5.52 Å². The van der Waals surface area contributed by atoms with Crippen molar-refractivity contribution in [2.24, 2.45) is 0 Å². The van der Waals surface area contributed by atoms with Gasteiger partial charge in [-0.2, -0.15) is 0 Å². The quantitative estimate of drug-likeness (QED) is 0.898. The van der Waals surface area contributed by atoms with Crippen LogP contribution in [0, 0.1) is 0 Å². The van der Waals surface area contributed by atoms with E-state index in [1.807, 2.05) is 30.3 Å². The highest BCUT2D eigenvalue weighted by atomic mass is 16.2. The lowest BCUT2D eigenvalue weighted by Gasteiger charge is -2.23. The van der Waals surface area contributed by atoms with Gasteiger partial charge in [0.25, 0.3) is 0 Å². The molecule has 0 saturated carbocycles. The molecule has 0 spiro atoms. The van der Waals surface area contributed by atoms with E-state index >= 15 is 0 Å². The maximum absolute atomic E-state index is 12.3. The van der Waals surface area contributed by atoms with Crippen LogP contribution in [-0.4, -0.2) is 48.0 Å². The van der Waals surface area contributed by atoms with Gasteiger partial charge in [-0.1, -0.05) is 24.3 Å². The minimum Gasteiger partial charge on any atom is -0.357 e. The Kier molecular flexibility index (Phi) is 4.93. The Morgan fingerprint density at radius 3 is 2.96 bits per heavy atom. The smallest absolute Gasteiger partial charge is 0.318 e. The van der Waals surface area contributed by atoms with Crippen molar-refractivity contribution in [3.8, 4) is 0 Å². The number of aromatic nitrogens is 1. The average Bonchev–Trinajstić information content (AvgIpc) is 3.11. The third-order valence-corrected chi connectivity index (χ3v) is 4.45. The van der Waals surface area contributed by atoms with Crippen LogP contribution < -0.4 is 10.6 Å². The van der Waals surface area contributed by atoms with Crippen molar-refractivity contribution in [2.45, 2.75) is 25.3 Å². The van der Waals surface area contributed by atoms with E-state index in [0.717, 1.165) is 29.3 Å². The zero-order valence-electron chi connectivity index (χ0n) is 13.8. The Hall–Kier alpha value is -2.63. The zero-order chi connectivity index (χ0) is 16.9. The molecule has 2 heterocycles. The van der Waals surface area contributed by atoms with Crippen LogP contribution >= 0.6 is 0 Å². The van der Waals surface area contributed by atoms with Crippen LogP contribution in [0.5, 0.6) is 0 Å². The first-order valence-electron chi connectivity index (χ1n) is 8.29. The Bertz CT molecular complexity index is 741. The van der Waals surface area contributed by atoms with Crippen LogP contribution in [0.4, 0.5) is 4.79 Å². The van der Waals surface area contributed by atoms with Gasteiger partial charge in [0.2, 0.25) is 5.91 Å². The largest absolute Gasteiger partial charge is 0.357 e. The third kappa shape index (κ3) is 3.32. The molecule has 1 atom stereocenters. The summed E-state index contributed by atoms with van der Waals surface area (Å²) in [5.74, 6) is -0.0964. The lowest BCUT2D eigenvalue weighted by Crippen LogP contribution is -2.49. The fourth-order valence-electron chi connectivity index (χ4n) is 3.22. The Balaban J connectivity index is 1.59. The summed E-state index contributed by atoms with van der Waals surface area (Å²) in [6.07, 6.45) is 4.07. The number of pyridine rings is 1. The van der Waals surface area contributed by atoms with Crippen LogP contribution in [0.25, 0.3) is 10.9 Å². The van der Waals surface area contributed by atoms with Gasteiger partial charge >= 0.3 is 6.03 Å². The first-order valence-corrected chi connectivity index (χ1v) is 8.29. The number of carbonyl (C=O) groups is 2. The predicted octanol–water partition coefficient (Wildman–Crippen LogP) is 1.70. The second-order valence-corrected chi connectivity index (χ2v) is 5.94. The van der Waals surface area contributed by atoms with Crippen molar-refractivity contribution in [1.82, 2.24) is 20.5 Å². The molecule has 1 fully saturated rings. The average molecular weight is 326 g/mol. The topological polar surface area (TPSA) is 74.3 Å². The van der Waals surface area contributed by atoms with E-state index in [4.69, 9.17) is 0 Å². The van der Waals surface area contributed by atoms with Gasteiger partial charge in [-0.3, -0.25) is 9.78 Å². The highest BCUT2D eigenvalue weighted by Crippen LogP contribution is 2.18. The Labute approximate surface area is 141 Å². The molecular weight excluding hydrogens is 304 g/mol. The van der Waals surface area contributed by atoms with Crippen molar-refractivity contribution in [1.29, 1.82) is 0 Å². The summed E-state index contributed by atoms with van der Waals surface area (Å²) < 4.78 is 0. The number of hydrogen-bond donors (Lipinski definition) is 2. The lowest BCUT2D eigenvalue weighted by atomic mass is 10.1. The molecule has 0 radical (unpaired) electrons. The summed E-state index contributed by atoms with van der Waals surface area (Å²) in [4.78, 5) is 30.2. The number of nitrogens with one attached hydrogen (secondary N) is 2. The van der Waals surface area contributed by atoms with Crippen molar-refractivity contribution in [3.63, 3.8) is 0 Å². The van der Waals surface area contributed by atoms with E-state index in [9.17, 15) is 9.59 Å². The first-order chi connectivity index (χ1) is 11.7. The molecule has 24 heavy (non-hydrogen) atoms. The molecular formula is C18H22N4O2. The molecule has 1 aromatic heterocycles.